The minimum atomic E-state index is 0. The van der Waals surface area contributed by atoms with Crippen molar-refractivity contribution < 1.29 is 4.74 Å². The van der Waals surface area contributed by atoms with Crippen LogP contribution in [0, 0.1) is 0 Å². The average molecular weight is 367 g/mol. The van der Waals surface area contributed by atoms with E-state index >= 15 is 0 Å². The average Bonchev–Trinajstić information content (AvgIpc) is 2.60. The van der Waals surface area contributed by atoms with Gasteiger partial charge in [0.2, 0.25) is 0 Å². The highest BCUT2D eigenvalue weighted by Gasteiger charge is 2.13. The minimum absolute atomic E-state index is 0. The van der Waals surface area contributed by atoms with Crippen LogP contribution in [0.1, 0.15) is 38.5 Å². The summed E-state index contributed by atoms with van der Waals surface area (Å²) in [5.74, 6) is 1.02. The van der Waals surface area contributed by atoms with Gasteiger partial charge in [0.15, 0.2) is 5.96 Å². The number of hydrogen-bond donors (Lipinski definition) is 1. The molecule has 1 saturated carbocycles. The van der Waals surface area contributed by atoms with E-state index in [1.807, 2.05) is 0 Å². The lowest BCUT2D eigenvalue weighted by Crippen LogP contribution is -2.37. The first-order valence-corrected chi connectivity index (χ1v) is 6.97. The van der Waals surface area contributed by atoms with Crippen LogP contribution in [0.4, 0.5) is 0 Å². The van der Waals surface area contributed by atoms with E-state index in [1.165, 1.54) is 38.5 Å². The predicted molar refractivity (Wildman–Crippen MR) is 85.8 cm³/mol. The molecule has 0 aromatic carbocycles. The highest BCUT2D eigenvalue weighted by Crippen LogP contribution is 2.19. The molecular formula is C13H26IN3O. The van der Waals surface area contributed by atoms with E-state index in [0.717, 1.165) is 32.2 Å². The Morgan fingerprint density at radius 1 is 1.28 bits per heavy atom. The van der Waals surface area contributed by atoms with Gasteiger partial charge in [-0.05, 0) is 12.8 Å². The molecule has 1 aliphatic heterocycles. The smallest absolute Gasteiger partial charge is 0.193 e. The highest BCUT2D eigenvalue weighted by molar-refractivity contribution is 14.0. The number of likely N-dealkylation sites (N-methyl/N-ethyl adjacent to an activating group) is 1. The van der Waals surface area contributed by atoms with Crippen molar-refractivity contribution in [3.05, 3.63) is 0 Å². The van der Waals surface area contributed by atoms with Crippen LogP contribution < -0.4 is 5.32 Å². The summed E-state index contributed by atoms with van der Waals surface area (Å²) in [4.78, 5) is 6.55. The normalized spacial score (nSPS) is 21.2. The highest BCUT2D eigenvalue weighted by atomic mass is 127. The van der Waals surface area contributed by atoms with Gasteiger partial charge >= 0.3 is 0 Å². The molecule has 18 heavy (non-hydrogen) atoms. The molecule has 4 nitrogen and oxygen atoms in total. The van der Waals surface area contributed by atoms with Gasteiger partial charge in [0.25, 0.3) is 0 Å². The number of aliphatic imine (C=N–C) groups is 1. The minimum Gasteiger partial charge on any atom is -0.376 e. The summed E-state index contributed by atoms with van der Waals surface area (Å²) in [6, 6.07) is 0. The van der Waals surface area contributed by atoms with E-state index in [-0.39, 0.29) is 24.0 Å². The van der Waals surface area contributed by atoms with Crippen LogP contribution in [0.3, 0.4) is 0 Å². The van der Waals surface area contributed by atoms with E-state index < -0.39 is 0 Å². The van der Waals surface area contributed by atoms with Gasteiger partial charge in [-0.25, -0.2) is 0 Å². The summed E-state index contributed by atoms with van der Waals surface area (Å²) >= 11 is 0. The van der Waals surface area contributed by atoms with Gasteiger partial charge < -0.3 is 15.0 Å². The lowest BCUT2D eigenvalue weighted by Gasteiger charge is -2.18. The molecule has 0 spiro atoms. The SMILES string of the molecule is CN1CCN=C1NCCOC1CCCCCC1.I. The summed E-state index contributed by atoms with van der Waals surface area (Å²) in [6.07, 6.45) is 8.46. The molecule has 0 unspecified atom stereocenters. The second-order valence-corrected chi connectivity index (χ2v) is 5.04. The van der Waals surface area contributed by atoms with Crippen molar-refractivity contribution >= 4 is 29.9 Å². The number of nitrogens with one attached hydrogen (secondary N) is 1. The number of rotatable bonds is 4. The Balaban J connectivity index is 0.00000162. The Bertz CT molecular complexity index is 253. The molecule has 0 amide bonds. The van der Waals surface area contributed by atoms with Crippen LogP contribution in [0.25, 0.3) is 0 Å². The van der Waals surface area contributed by atoms with Crippen molar-refractivity contribution in [2.75, 3.05) is 33.3 Å². The third-order valence-electron chi connectivity index (χ3n) is 3.60. The molecule has 0 aromatic rings. The zero-order chi connectivity index (χ0) is 11.9. The second-order valence-electron chi connectivity index (χ2n) is 5.04. The number of ether oxygens (including phenoxy) is 1. The first-order chi connectivity index (χ1) is 8.36. The predicted octanol–water partition coefficient (Wildman–Crippen LogP) is 2.23. The first-order valence-electron chi connectivity index (χ1n) is 6.97. The molecule has 1 aliphatic carbocycles. The summed E-state index contributed by atoms with van der Waals surface area (Å²) in [5, 5.41) is 3.34. The zero-order valence-electron chi connectivity index (χ0n) is 11.4. The van der Waals surface area contributed by atoms with E-state index in [2.05, 4.69) is 22.3 Å². The molecule has 2 aliphatic rings. The van der Waals surface area contributed by atoms with Crippen molar-refractivity contribution in [1.29, 1.82) is 0 Å². The number of hydrogen-bond acceptors (Lipinski definition) is 4. The third kappa shape index (κ3) is 5.30. The monoisotopic (exact) mass is 367 g/mol. The van der Waals surface area contributed by atoms with Gasteiger partial charge in [-0.1, -0.05) is 25.7 Å². The third-order valence-corrected chi connectivity index (χ3v) is 3.60. The Kier molecular flexibility index (Phi) is 7.97. The summed E-state index contributed by atoms with van der Waals surface area (Å²) in [7, 11) is 2.07. The molecule has 0 saturated heterocycles. The second kappa shape index (κ2) is 8.96. The molecule has 2 rings (SSSR count). The molecule has 106 valence electrons. The fourth-order valence-corrected chi connectivity index (χ4v) is 2.52. The molecule has 5 heteroatoms. The number of halogens is 1. The van der Waals surface area contributed by atoms with Crippen molar-refractivity contribution in [1.82, 2.24) is 10.2 Å². The Labute approximate surface area is 128 Å². The first kappa shape index (κ1) is 16.0. The van der Waals surface area contributed by atoms with Gasteiger partial charge in [-0.3, -0.25) is 4.99 Å². The van der Waals surface area contributed by atoms with Crippen molar-refractivity contribution in [2.24, 2.45) is 4.99 Å². The fourth-order valence-electron chi connectivity index (χ4n) is 2.52. The Hall–Kier alpha value is -0.0400. The molecule has 0 aromatic heterocycles. The molecule has 0 atom stereocenters. The van der Waals surface area contributed by atoms with Gasteiger partial charge in [0.1, 0.15) is 0 Å². The maximum absolute atomic E-state index is 5.92. The molecular weight excluding hydrogens is 341 g/mol. The number of nitrogens with zero attached hydrogens (tertiary/aromatic N) is 2. The standard InChI is InChI=1S/C13H25N3O.HI/c1-16-10-8-14-13(16)15-9-11-17-12-6-4-2-3-5-7-12;/h12H,2-11H2,1H3,(H,14,15);1H. The van der Waals surface area contributed by atoms with Crippen LogP contribution >= 0.6 is 24.0 Å². The van der Waals surface area contributed by atoms with Crippen LogP contribution in [0.2, 0.25) is 0 Å². The Morgan fingerprint density at radius 2 is 2.00 bits per heavy atom. The summed E-state index contributed by atoms with van der Waals surface area (Å²) < 4.78 is 5.92. The van der Waals surface area contributed by atoms with E-state index in [0.29, 0.717) is 6.10 Å². The lowest BCUT2D eigenvalue weighted by molar-refractivity contribution is 0.0466. The van der Waals surface area contributed by atoms with E-state index in [1.54, 1.807) is 0 Å². The number of guanidine groups is 1. The van der Waals surface area contributed by atoms with Gasteiger partial charge in [0.05, 0.1) is 19.3 Å². The maximum atomic E-state index is 5.92. The maximum Gasteiger partial charge on any atom is 0.193 e. The van der Waals surface area contributed by atoms with Crippen LogP contribution in [-0.2, 0) is 4.74 Å². The quantitative estimate of drug-likeness (QED) is 0.471. The van der Waals surface area contributed by atoms with Gasteiger partial charge in [-0.2, -0.15) is 0 Å². The molecule has 1 N–H and O–H groups in total. The molecule has 1 heterocycles. The Morgan fingerprint density at radius 3 is 2.61 bits per heavy atom. The van der Waals surface area contributed by atoms with E-state index in [9.17, 15) is 0 Å². The van der Waals surface area contributed by atoms with Crippen molar-refractivity contribution in [3.8, 4) is 0 Å². The van der Waals surface area contributed by atoms with Crippen LogP contribution in [0.5, 0.6) is 0 Å². The van der Waals surface area contributed by atoms with Crippen LogP contribution in [0.15, 0.2) is 4.99 Å². The molecule has 0 radical (unpaired) electrons. The largest absolute Gasteiger partial charge is 0.376 e. The van der Waals surface area contributed by atoms with Crippen molar-refractivity contribution in [2.45, 2.75) is 44.6 Å². The van der Waals surface area contributed by atoms with Gasteiger partial charge in [-0.15, -0.1) is 24.0 Å². The van der Waals surface area contributed by atoms with Crippen molar-refractivity contribution in [3.63, 3.8) is 0 Å². The summed E-state index contributed by atoms with van der Waals surface area (Å²) in [6.45, 7) is 3.63. The van der Waals surface area contributed by atoms with Crippen LogP contribution in [-0.4, -0.2) is 50.3 Å². The zero-order valence-corrected chi connectivity index (χ0v) is 13.7. The molecule has 1 fully saturated rings. The topological polar surface area (TPSA) is 36.9 Å². The van der Waals surface area contributed by atoms with Gasteiger partial charge in [0, 0.05) is 20.1 Å². The fraction of sp³-hybridized carbons (Fsp3) is 0.923. The molecule has 0 bridgehead atoms. The lowest BCUT2D eigenvalue weighted by atomic mass is 10.1. The summed E-state index contributed by atoms with van der Waals surface area (Å²) in [5.41, 5.74) is 0. The van der Waals surface area contributed by atoms with E-state index in [4.69, 9.17) is 4.74 Å².